The molecule has 0 spiro atoms. The summed E-state index contributed by atoms with van der Waals surface area (Å²) in [5.74, 6) is 0. The Morgan fingerprint density at radius 2 is 2.00 bits per heavy atom. The summed E-state index contributed by atoms with van der Waals surface area (Å²) < 4.78 is 0. The molecule has 58 valence electrons. The van der Waals surface area contributed by atoms with E-state index in [0.717, 1.165) is 18.4 Å². The van der Waals surface area contributed by atoms with Crippen molar-refractivity contribution in [2.75, 3.05) is 0 Å². The lowest BCUT2D eigenvalue weighted by atomic mass is 10.1. The third-order valence-electron chi connectivity index (χ3n) is 1.92. The molecule has 1 aliphatic carbocycles. The van der Waals surface area contributed by atoms with Gasteiger partial charge in [-0.05, 0) is 31.3 Å². The van der Waals surface area contributed by atoms with E-state index in [1.54, 1.807) is 0 Å². The number of nitriles is 1. The normalized spacial score (nSPS) is 16.1. The fourth-order valence-electron chi connectivity index (χ4n) is 1.36. The summed E-state index contributed by atoms with van der Waals surface area (Å²) in [5.41, 5.74) is 7.08. The molecule has 1 aliphatic rings. The minimum atomic E-state index is 0.254. The van der Waals surface area contributed by atoms with Gasteiger partial charge in [0.05, 0.1) is 5.57 Å². The fourth-order valence-corrected chi connectivity index (χ4v) is 1.55. The van der Waals surface area contributed by atoms with Gasteiger partial charge in [-0.2, -0.15) is 5.26 Å². The van der Waals surface area contributed by atoms with Crippen molar-refractivity contribution >= 4 is 17.2 Å². The zero-order chi connectivity index (χ0) is 8.27. The minimum absolute atomic E-state index is 0.254. The SMILES string of the molecule is N#CC(C(N)=S)=C1CCCC1. The van der Waals surface area contributed by atoms with Crippen LogP contribution in [0.5, 0.6) is 0 Å². The van der Waals surface area contributed by atoms with Gasteiger partial charge in [-0.15, -0.1) is 0 Å². The Balaban J connectivity index is 2.90. The van der Waals surface area contributed by atoms with Crippen molar-refractivity contribution in [2.24, 2.45) is 5.73 Å². The van der Waals surface area contributed by atoms with Crippen LogP contribution in [0.2, 0.25) is 0 Å². The standard InChI is InChI=1S/C8H10N2S/c9-5-7(8(10)11)6-3-1-2-4-6/h1-4H2,(H2,10,11). The highest BCUT2D eigenvalue weighted by Gasteiger charge is 2.13. The van der Waals surface area contributed by atoms with Gasteiger partial charge in [-0.25, -0.2) is 0 Å². The van der Waals surface area contributed by atoms with Gasteiger partial charge in [-0.3, -0.25) is 0 Å². The van der Waals surface area contributed by atoms with Crippen molar-refractivity contribution in [3.05, 3.63) is 11.1 Å². The van der Waals surface area contributed by atoms with E-state index in [0.29, 0.717) is 5.57 Å². The van der Waals surface area contributed by atoms with Crippen LogP contribution in [0.1, 0.15) is 25.7 Å². The number of hydrogen-bond donors (Lipinski definition) is 1. The van der Waals surface area contributed by atoms with Crippen LogP contribution in [0.4, 0.5) is 0 Å². The molecule has 0 aromatic rings. The number of nitrogens with two attached hydrogens (primary N) is 1. The number of thiocarbonyl (C=S) groups is 1. The van der Waals surface area contributed by atoms with E-state index >= 15 is 0 Å². The topological polar surface area (TPSA) is 49.8 Å². The van der Waals surface area contributed by atoms with Crippen LogP contribution < -0.4 is 5.73 Å². The first kappa shape index (κ1) is 8.22. The summed E-state index contributed by atoms with van der Waals surface area (Å²) in [6, 6.07) is 2.06. The predicted molar refractivity (Wildman–Crippen MR) is 47.9 cm³/mol. The molecule has 0 bridgehead atoms. The lowest BCUT2D eigenvalue weighted by Crippen LogP contribution is -2.11. The molecule has 0 aliphatic heterocycles. The molecule has 0 saturated heterocycles. The van der Waals surface area contributed by atoms with E-state index in [4.69, 9.17) is 23.2 Å². The zero-order valence-corrected chi connectivity index (χ0v) is 7.08. The predicted octanol–water partition coefficient (Wildman–Crippen LogP) is 1.67. The number of allylic oxidation sites excluding steroid dienone is 1. The molecule has 0 aromatic carbocycles. The quantitative estimate of drug-likeness (QED) is 0.366. The maximum absolute atomic E-state index is 8.68. The number of nitrogens with zero attached hydrogens (tertiary/aromatic N) is 1. The fraction of sp³-hybridized carbons (Fsp3) is 0.500. The van der Waals surface area contributed by atoms with Gasteiger partial charge in [0.1, 0.15) is 11.1 Å². The first-order chi connectivity index (χ1) is 5.25. The highest BCUT2D eigenvalue weighted by atomic mass is 32.1. The second-order valence-corrected chi connectivity index (χ2v) is 3.10. The first-order valence-electron chi connectivity index (χ1n) is 3.67. The Morgan fingerprint density at radius 3 is 2.36 bits per heavy atom. The van der Waals surface area contributed by atoms with Gasteiger partial charge in [0.25, 0.3) is 0 Å². The van der Waals surface area contributed by atoms with Crippen molar-refractivity contribution in [1.82, 2.24) is 0 Å². The molecule has 0 amide bonds. The molecule has 1 saturated carbocycles. The van der Waals surface area contributed by atoms with Crippen LogP contribution in [0.15, 0.2) is 11.1 Å². The molecule has 0 unspecified atom stereocenters. The molecule has 1 rings (SSSR count). The Labute approximate surface area is 71.7 Å². The van der Waals surface area contributed by atoms with Crippen molar-refractivity contribution in [2.45, 2.75) is 25.7 Å². The minimum Gasteiger partial charge on any atom is -0.389 e. The zero-order valence-electron chi connectivity index (χ0n) is 6.26. The van der Waals surface area contributed by atoms with Gasteiger partial charge >= 0.3 is 0 Å². The van der Waals surface area contributed by atoms with Crippen molar-refractivity contribution in [3.8, 4) is 6.07 Å². The van der Waals surface area contributed by atoms with E-state index in [-0.39, 0.29) is 4.99 Å². The van der Waals surface area contributed by atoms with Crippen LogP contribution in [0.3, 0.4) is 0 Å². The van der Waals surface area contributed by atoms with Crippen LogP contribution in [-0.4, -0.2) is 4.99 Å². The van der Waals surface area contributed by atoms with Gasteiger partial charge in [0, 0.05) is 0 Å². The van der Waals surface area contributed by atoms with Gasteiger partial charge in [-0.1, -0.05) is 12.2 Å². The molecule has 2 N–H and O–H groups in total. The highest BCUT2D eigenvalue weighted by molar-refractivity contribution is 7.80. The summed E-state index contributed by atoms with van der Waals surface area (Å²) >= 11 is 4.75. The summed E-state index contributed by atoms with van der Waals surface area (Å²) in [6.07, 6.45) is 4.34. The number of hydrogen-bond acceptors (Lipinski definition) is 2. The summed E-state index contributed by atoms with van der Waals surface area (Å²) in [6.45, 7) is 0. The van der Waals surface area contributed by atoms with Crippen LogP contribution in [0.25, 0.3) is 0 Å². The molecule has 2 nitrogen and oxygen atoms in total. The number of rotatable bonds is 1. The largest absolute Gasteiger partial charge is 0.389 e. The molecule has 1 fully saturated rings. The second kappa shape index (κ2) is 3.49. The third kappa shape index (κ3) is 1.78. The van der Waals surface area contributed by atoms with Crippen LogP contribution in [-0.2, 0) is 0 Å². The summed E-state index contributed by atoms with van der Waals surface area (Å²) in [5, 5.41) is 8.68. The van der Waals surface area contributed by atoms with E-state index in [1.807, 2.05) is 0 Å². The van der Waals surface area contributed by atoms with Crippen molar-refractivity contribution in [3.63, 3.8) is 0 Å². The Bertz CT molecular complexity index is 239. The van der Waals surface area contributed by atoms with E-state index in [1.165, 1.54) is 12.8 Å². The lowest BCUT2D eigenvalue weighted by molar-refractivity contribution is 0.886. The summed E-state index contributed by atoms with van der Waals surface area (Å²) in [4.78, 5) is 0.254. The third-order valence-corrected chi connectivity index (χ3v) is 2.12. The molecule has 0 radical (unpaired) electrons. The first-order valence-corrected chi connectivity index (χ1v) is 4.08. The molecular formula is C8H10N2S. The van der Waals surface area contributed by atoms with Gasteiger partial charge in [0.15, 0.2) is 0 Å². The molecule has 11 heavy (non-hydrogen) atoms. The average molecular weight is 166 g/mol. The van der Waals surface area contributed by atoms with Gasteiger partial charge in [0.2, 0.25) is 0 Å². The Hall–Kier alpha value is -0.880. The van der Waals surface area contributed by atoms with Crippen LogP contribution in [0, 0.1) is 11.3 Å². The molecule has 0 atom stereocenters. The Kier molecular flexibility index (Phi) is 2.61. The molecular weight excluding hydrogens is 156 g/mol. The smallest absolute Gasteiger partial charge is 0.114 e. The molecule has 0 aromatic heterocycles. The lowest BCUT2D eigenvalue weighted by Gasteiger charge is -1.98. The van der Waals surface area contributed by atoms with E-state index in [9.17, 15) is 0 Å². The highest BCUT2D eigenvalue weighted by Crippen LogP contribution is 2.26. The Morgan fingerprint density at radius 1 is 1.45 bits per heavy atom. The molecule has 0 heterocycles. The van der Waals surface area contributed by atoms with Crippen LogP contribution >= 0.6 is 12.2 Å². The van der Waals surface area contributed by atoms with E-state index < -0.39 is 0 Å². The van der Waals surface area contributed by atoms with E-state index in [2.05, 4.69) is 6.07 Å². The maximum Gasteiger partial charge on any atom is 0.114 e. The average Bonchev–Trinajstić information content (AvgIpc) is 2.40. The van der Waals surface area contributed by atoms with Crippen molar-refractivity contribution < 1.29 is 0 Å². The van der Waals surface area contributed by atoms with Crippen molar-refractivity contribution in [1.29, 1.82) is 5.26 Å². The maximum atomic E-state index is 8.68. The molecule has 3 heteroatoms. The van der Waals surface area contributed by atoms with Gasteiger partial charge < -0.3 is 5.73 Å². The summed E-state index contributed by atoms with van der Waals surface area (Å²) in [7, 11) is 0. The second-order valence-electron chi connectivity index (χ2n) is 2.66. The monoisotopic (exact) mass is 166 g/mol.